The summed E-state index contributed by atoms with van der Waals surface area (Å²) < 4.78 is 6.47. The number of para-hydroxylation sites is 7. The second-order valence-electron chi connectivity index (χ2n) is 33.4. The minimum Gasteiger partial charge on any atom is -0.308 e. The van der Waals surface area contributed by atoms with Crippen LogP contribution in [-0.2, 0) is 19.3 Å². The third-order valence-corrected chi connectivity index (χ3v) is 29.3. The van der Waals surface area contributed by atoms with Crippen LogP contribution < -0.4 is 47.3 Å². The number of anilines is 9. The number of pyridine rings is 6. The molecule has 610 valence electrons. The number of rotatable bonds is 7. The molecule has 0 spiro atoms. The molecule has 0 amide bonds. The Balaban J connectivity index is 0.000000109. The third-order valence-electron chi connectivity index (χ3n) is 25.9. The van der Waals surface area contributed by atoms with Gasteiger partial charge in [-0.25, -0.2) is 0 Å². The first-order valence-electron chi connectivity index (χ1n) is 43.0. The summed E-state index contributed by atoms with van der Waals surface area (Å²) in [6.07, 6.45) is 2.48. The van der Waals surface area contributed by atoms with Crippen molar-refractivity contribution in [1.82, 2.24) is 13.2 Å². The highest BCUT2D eigenvalue weighted by Crippen LogP contribution is 2.57. The zero-order valence-corrected chi connectivity index (χ0v) is 72.9. The standard InChI is InChI=1S/C40H26N2O2S.C37H28N2O2S.C35H24N2O2S/c1-2-24-15-20-28-33(21-24)42-34-23-37-35(22-31(34)40(44)30-12-8-11-29(38(30)42)39(28)43)41(32-13-6-7-14-36(32)45-37)27-18-16-26(17-19-27)25-9-4-3-5-10-25;1-5-23-13-14-28-26(17-23)36(40)24-9-8-10-25-35(24)38(28)30-19-33-31(18-27(30)37(25)41)39(29-11-6-7-12-32(29)42-33)34-21(3)15-20(2)16-22(34)4;1-3-21-8-6-9-23-31(21)37-27-18-19-28-35(30(27)34(39)25-11-7-10-24(32(25)37)33(23)38)40-29-13-5-4-12-26(29)36(28)22-16-14-20(2)15-17-22/h3-23H,2H2,1H3;6-19H,5H2,1-4H3;4-19H,3H2,1-2H3. The van der Waals surface area contributed by atoms with E-state index in [-0.39, 0.29) is 32.6 Å². The Morgan fingerprint density at radius 3 is 1.23 bits per heavy atom. The van der Waals surface area contributed by atoms with Crippen molar-refractivity contribution in [2.24, 2.45) is 0 Å². The average Bonchev–Trinajstić information content (AvgIpc) is 0.705. The SMILES string of the molecule is CCc1ccc2c(=O)c3cccc4c(=O)c5cc6c(cc5n(c2c1)c34)Sc1ccccc1N6c1ccc(-c2ccccc2)cc1.CCc1ccc2c(c1)c(=O)c1cccc3c(=O)c4cc5c(cc4n2c13)Sc1ccccc1N5c1c(C)cc(C)cc1C.CCc1cccc2c(=O)c3cccc4c(=O)c5c6c(ccc5n(c12)c34)N(c1ccc(C)cc1)c1ccccc1S6. The van der Waals surface area contributed by atoms with Gasteiger partial charge in [0.2, 0.25) is 0 Å². The Hall–Kier alpha value is -14.6. The van der Waals surface area contributed by atoms with Gasteiger partial charge in [-0.3, -0.25) is 28.8 Å². The summed E-state index contributed by atoms with van der Waals surface area (Å²) in [6, 6.07) is 105. The van der Waals surface area contributed by atoms with E-state index < -0.39 is 0 Å². The molecule has 22 aromatic rings. The normalized spacial score (nSPS) is 12.8. The lowest BCUT2D eigenvalue weighted by atomic mass is 10.00. The smallest absolute Gasteiger partial charge is 0.198 e. The van der Waals surface area contributed by atoms with Crippen molar-refractivity contribution in [2.45, 2.75) is 97.1 Å². The quantitative estimate of drug-likeness (QED) is 0.111. The summed E-state index contributed by atoms with van der Waals surface area (Å²) in [5, 5.41) is 7.41. The van der Waals surface area contributed by atoms with E-state index in [9.17, 15) is 28.8 Å². The maximum Gasteiger partial charge on any atom is 0.198 e. The Morgan fingerprint density at radius 2 is 0.669 bits per heavy atom. The summed E-state index contributed by atoms with van der Waals surface area (Å²) in [5.74, 6) is 0. The van der Waals surface area contributed by atoms with Crippen molar-refractivity contribution < 1.29 is 0 Å². The van der Waals surface area contributed by atoms with Crippen LogP contribution in [0.4, 0.5) is 51.2 Å². The van der Waals surface area contributed by atoms with Gasteiger partial charge in [0, 0.05) is 100.0 Å². The molecule has 12 nitrogen and oxygen atoms in total. The second-order valence-corrected chi connectivity index (χ2v) is 36.6. The van der Waals surface area contributed by atoms with Crippen LogP contribution in [0.3, 0.4) is 0 Å². The molecule has 25 rings (SSSR count). The van der Waals surface area contributed by atoms with E-state index in [1.165, 1.54) is 27.8 Å². The lowest BCUT2D eigenvalue weighted by molar-refractivity contribution is 1.13. The van der Waals surface area contributed by atoms with Crippen LogP contribution in [0.15, 0.2) is 368 Å². The number of aromatic nitrogens is 3. The highest BCUT2D eigenvalue weighted by Gasteiger charge is 2.34. The second kappa shape index (κ2) is 29.8. The maximum absolute atomic E-state index is 14.4. The van der Waals surface area contributed by atoms with E-state index in [1.54, 1.807) is 35.3 Å². The molecule has 0 N–H and O–H groups in total. The molecule has 0 atom stereocenters. The van der Waals surface area contributed by atoms with Gasteiger partial charge >= 0.3 is 0 Å². The van der Waals surface area contributed by atoms with Gasteiger partial charge in [-0.15, -0.1) is 0 Å². The molecule has 6 aromatic heterocycles. The minimum absolute atomic E-state index is 0.0255. The van der Waals surface area contributed by atoms with E-state index in [1.807, 2.05) is 103 Å². The first-order chi connectivity index (χ1) is 62.0. The van der Waals surface area contributed by atoms with Crippen LogP contribution in [0, 0.1) is 27.7 Å². The number of fused-ring (bicyclic) bond motifs is 19. The van der Waals surface area contributed by atoms with Gasteiger partial charge in [-0.2, -0.15) is 0 Å². The Kier molecular flexibility index (Phi) is 18.1. The summed E-state index contributed by atoms with van der Waals surface area (Å²) in [4.78, 5) is 97.4. The molecule has 0 unspecified atom stereocenters. The fraction of sp³-hybridized carbons (Fsp3) is 0.0893. The van der Waals surface area contributed by atoms with Crippen LogP contribution >= 0.6 is 35.3 Å². The fourth-order valence-electron chi connectivity index (χ4n) is 20.1. The number of benzene rings is 16. The predicted octanol–water partition coefficient (Wildman–Crippen LogP) is 27.1. The molecular formula is C112H78N6O6S3. The van der Waals surface area contributed by atoms with Gasteiger partial charge in [-0.05, 0) is 250 Å². The van der Waals surface area contributed by atoms with E-state index in [0.717, 1.165) is 155 Å². The maximum atomic E-state index is 14.4. The molecule has 15 heteroatoms. The van der Waals surface area contributed by atoms with Gasteiger partial charge in [0.25, 0.3) is 0 Å². The number of hydrogen-bond donors (Lipinski definition) is 0. The van der Waals surface area contributed by atoms with Crippen molar-refractivity contribution in [3.8, 4) is 11.1 Å². The zero-order valence-electron chi connectivity index (χ0n) is 70.4. The molecule has 3 aliphatic rings. The third kappa shape index (κ3) is 11.8. The molecule has 0 bridgehead atoms. The summed E-state index contributed by atoms with van der Waals surface area (Å²) in [5.41, 5.74) is 26.8. The molecule has 3 aliphatic heterocycles. The Morgan fingerprint density at radius 1 is 0.252 bits per heavy atom. The molecule has 16 aromatic carbocycles. The summed E-state index contributed by atoms with van der Waals surface area (Å²) in [7, 11) is 0. The number of hydrogen-bond acceptors (Lipinski definition) is 12. The van der Waals surface area contributed by atoms with Gasteiger partial charge in [-0.1, -0.05) is 213 Å². The van der Waals surface area contributed by atoms with Crippen molar-refractivity contribution >= 4 is 201 Å². The highest BCUT2D eigenvalue weighted by atomic mass is 32.2. The number of aryl methyl sites for hydroxylation is 7. The molecule has 0 aliphatic carbocycles. The van der Waals surface area contributed by atoms with E-state index in [2.05, 4.69) is 283 Å². The first kappa shape index (κ1) is 77.2. The summed E-state index contributed by atoms with van der Waals surface area (Å²) >= 11 is 5.09. The zero-order chi connectivity index (χ0) is 86.2. The topological polar surface area (TPSA) is 125 Å². The lowest BCUT2D eigenvalue weighted by Gasteiger charge is -2.35. The van der Waals surface area contributed by atoms with Crippen LogP contribution in [0.2, 0.25) is 0 Å². The van der Waals surface area contributed by atoms with Crippen LogP contribution in [-0.4, -0.2) is 13.2 Å². The van der Waals surface area contributed by atoms with E-state index in [0.29, 0.717) is 81.2 Å². The molecule has 127 heavy (non-hydrogen) atoms. The Bertz CT molecular complexity index is 8900. The molecule has 0 saturated carbocycles. The highest BCUT2D eigenvalue weighted by molar-refractivity contribution is 8.00. The van der Waals surface area contributed by atoms with Crippen molar-refractivity contribution in [3.63, 3.8) is 0 Å². The van der Waals surface area contributed by atoms with Crippen LogP contribution in [0.5, 0.6) is 0 Å². The van der Waals surface area contributed by atoms with E-state index >= 15 is 0 Å². The first-order valence-corrected chi connectivity index (χ1v) is 45.5. The molecule has 0 fully saturated rings. The van der Waals surface area contributed by atoms with Crippen LogP contribution in [0.25, 0.3) is 125 Å². The number of nitrogens with zero attached hydrogens (tertiary/aromatic N) is 6. The average molecular weight is 1700 g/mol. The van der Waals surface area contributed by atoms with Gasteiger partial charge in [0.05, 0.1) is 94.8 Å². The van der Waals surface area contributed by atoms with Gasteiger partial charge < -0.3 is 27.9 Å². The van der Waals surface area contributed by atoms with Gasteiger partial charge in [0.1, 0.15) is 0 Å². The summed E-state index contributed by atoms with van der Waals surface area (Å²) in [6.45, 7) is 14.9. The molecule has 0 radical (unpaired) electrons. The van der Waals surface area contributed by atoms with E-state index in [4.69, 9.17) is 0 Å². The fourth-order valence-corrected chi connectivity index (χ4v) is 23.4. The monoisotopic (exact) mass is 1700 g/mol. The van der Waals surface area contributed by atoms with Crippen molar-refractivity contribution in [2.75, 3.05) is 14.7 Å². The van der Waals surface area contributed by atoms with Crippen molar-refractivity contribution in [1.29, 1.82) is 0 Å². The molecule has 0 saturated heterocycles. The van der Waals surface area contributed by atoms with Crippen LogP contribution in [0.1, 0.15) is 59.7 Å². The largest absolute Gasteiger partial charge is 0.308 e. The molecule has 9 heterocycles. The molecular weight excluding hydrogens is 1620 g/mol. The van der Waals surface area contributed by atoms with Gasteiger partial charge in [0.15, 0.2) is 32.6 Å². The Labute approximate surface area is 741 Å². The minimum atomic E-state index is -0.0629. The lowest BCUT2D eigenvalue weighted by Crippen LogP contribution is -2.19. The predicted molar refractivity (Wildman–Crippen MR) is 530 cm³/mol. The van der Waals surface area contributed by atoms with Crippen molar-refractivity contribution in [3.05, 3.63) is 410 Å².